The molecule has 1 amide bonds. The van der Waals surface area contributed by atoms with Crippen molar-refractivity contribution in [2.45, 2.75) is 49.8 Å². The van der Waals surface area contributed by atoms with Gasteiger partial charge in [0.15, 0.2) is 17.1 Å². The van der Waals surface area contributed by atoms with Crippen molar-refractivity contribution in [2.24, 2.45) is 17.6 Å². The molecule has 1 aromatic heterocycles. The number of nitrogens with two attached hydrogens (primary N) is 1. The number of aliphatic hydroxyl groups excluding tert-OH is 2. The van der Waals surface area contributed by atoms with Crippen molar-refractivity contribution < 1.29 is 47.8 Å². The number of sulfonamides is 1. The molecular formula is C27H30N4O10S. The Balaban J connectivity index is 1.61. The molecule has 0 spiro atoms. The van der Waals surface area contributed by atoms with Crippen molar-refractivity contribution >= 4 is 33.3 Å². The smallest absolute Gasteiger partial charge is 0.255 e. The highest BCUT2D eigenvalue weighted by atomic mass is 32.2. The Kier molecular flexibility index (Phi) is 6.84. The first kappa shape index (κ1) is 29.4. The second-order valence-electron chi connectivity index (χ2n) is 11.0. The maximum absolute atomic E-state index is 13.9. The molecule has 0 aliphatic heterocycles. The summed E-state index contributed by atoms with van der Waals surface area (Å²) in [5, 5.41) is 48.3. The number of primary amides is 1. The number of hydrogen-bond donors (Lipinski definition) is 6. The van der Waals surface area contributed by atoms with E-state index in [1.54, 1.807) is 0 Å². The molecule has 0 bridgehead atoms. The van der Waals surface area contributed by atoms with Gasteiger partial charge in [-0.15, -0.1) is 0 Å². The lowest BCUT2D eigenvalue weighted by molar-refractivity contribution is -0.153. The molecule has 1 heterocycles. The first-order chi connectivity index (χ1) is 19.5. The number of hydrogen-bond acceptors (Lipinski definition) is 12. The summed E-state index contributed by atoms with van der Waals surface area (Å²) in [4.78, 5) is 40.5. The lowest BCUT2D eigenvalue weighted by Crippen LogP contribution is -2.65. The van der Waals surface area contributed by atoms with Crippen LogP contribution >= 0.6 is 0 Å². The summed E-state index contributed by atoms with van der Waals surface area (Å²) in [6, 6.07) is 1.49. The Morgan fingerprint density at radius 2 is 1.88 bits per heavy atom. The van der Waals surface area contributed by atoms with Crippen LogP contribution in [0.3, 0.4) is 0 Å². The molecule has 224 valence electrons. The molecular weight excluding hydrogens is 572 g/mol. The maximum atomic E-state index is 13.9. The van der Waals surface area contributed by atoms with Gasteiger partial charge in [-0.25, -0.2) is 13.1 Å². The van der Waals surface area contributed by atoms with E-state index in [0.717, 1.165) is 0 Å². The zero-order valence-corrected chi connectivity index (χ0v) is 23.9. The number of nitrogens with zero attached hydrogens (tertiary/aromatic N) is 2. The van der Waals surface area contributed by atoms with Crippen LogP contribution in [0.15, 0.2) is 38.5 Å². The molecule has 1 saturated carbocycles. The minimum atomic E-state index is -4.07. The van der Waals surface area contributed by atoms with Gasteiger partial charge in [0.1, 0.15) is 33.4 Å². The molecule has 4 atom stereocenters. The first-order valence-corrected chi connectivity index (χ1v) is 14.4. The van der Waals surface area contributed by atoms with Gasteiger partial charge in [-0.1, -0.05) is 11.2 Å². The van der Waals surface area contributed by atoms with E-state index in [0.29, 0.717) is 11.1 Å². The SMILES string of the molecule is Cc1noc(C)c1S(=O)(=O)NCc1ccc(O)c2c1CC1CC3C(N(C)C)C(=O)C(C(N)=O)=C(O)C3(O)C(=O)C1=C2O. The molecule has 42 heavy (non-hydrogen) atoms. The predicted octanol–water partition coefficient (Wildman–Crippen LogP) is 0.0473. The predicted molar refractivity (Wildman–Crippen MR) is 144 cm³/mol. The van der Waals surface area contributed by atoms with Gasteiger partial charge in [0, 0.05) is 18.0 Å². The third-order valence-electron chi connectivity index (χ3n) is 8.39. The first-order valence-electron chi connectivity index (χ1n) is 12.9. The lowest BCUT2D eigenvalue weighted by Gasteiger charge is -2.50. The number of carbonyl (C=O) groups excluding carboxylic acids is 3. The fourth-order valence-corrected chi connectivity index (χ4v) is 7.91. The number of likely N-dealkylation sites (N-methyl/N-ethyl adjacent to an activating group) is 1. The highest BCUT2D eigenvalue weighted by Crippen LogP contribution is 2.53. The van der Waals surface area contributed by atoms with E-state index in [1.165, 1.54) is 45.0 Å². The maximum Gasteiger partial charge on any atom is 0.255 e. The number of aromatic nitrogens is 1. The van der Waals surface area contributed by atoms with Crippen LogP contribution in [0.4, 0.5) is 0 Å². The number of aryl methyl sites for hydroxylation is 2. The van der Waals surface area contributed by atoms with Gasteiger partial charge in [0.25, 0.3) is 5.91 Å². The minimum absolute atomic E-state index is 0.0192. The van der Waals surface area contributed by atoms with Crippen LogP contribution in [0, 0.1) is 25.7 Å². The summed E-state index contributed by atoms with van der Waals surface area (Å²) in [5.74, 6) is -7.48. The quantitative estimate of drug-likeness (QED) is 0.241. The van der Waals surface area contributed by atoms with E-state index in [2.05, 4.69) is 9.88 Å². The summed E-state index contributed by atoms with van der Waals surface area (Å²) in [7, 11) is -1.05. The molecule has 14 nitrogen and oxygen atoms in total. The number of phenolic OH excluding ortho intramolecular Hbond substituents is 1. The van der Waals surface area contributed by atoms with Gasteiger partial charge in [0.2, 0.25) is 15.8 Å². The molecule has 1 fully saturated rings. The van der Waals surface area contributed by atoms with Crippen LogP contribution < -0.4 is 10.5 Å². The number of nitrogens with one attached hydrogen (secondary N) is 1. The number of fused-ring (bicyclic) bond motifs is 3. The number of carbonyl (C=O) groups is 3. The normalized spacial score (nSPS) is 25.9. The number of aromatic hydroxyl groups is 1. The van der Waals surface area contributed by atoms with E-state index < -0.39 is 73.8 Å². The second-order valence-corrected chi connectivity index (χ2v) is 12.7. The molecule has 3 aliphatic rings. The van der Waals surface area contributed by atoms with Gasteiger partial charge < -0.3 is 30.7 Å². The van der Waals surface area contributed by atoms with Crippen molar-refractivity contribution in [1.29, 1.82) is 0 Å². The Morgan fingerprint density at radius 3 is 2.45 bits per heavy atom. The number of aliphatic hydroxyl groups is 3. The topological polar surface area (TPSA) is 234 Å². The summed E-state index contributed by atoms with van der Waals surface area (Å²) < 4.78 is 33.5. The summed E-state index contributed by atoms with van der Waals surface area (Å²) >= 11 is 0. The monoisotopic (exact) mass is 602 g/mol. The third kappa shape index (κ3) is 4.06. The van der Waals surface area contributed by atoms with Crippen molar-refractivity contribution in [3.8, 4) is 5.75 Å². The van der Waals surface area contributed by atoms with E-state index in [1.807, 2.05) is 0 Å². The number of amides is 1. The van der Waals surface area contributed by atoms with Crippen LogP contribution in [0.1, 0.15) is 34.6 Å². The van der Waals surface area contributed by atoms with E-state index in [9.17, 15) is 43.2 Å². The van der Waals surface area contributed by atoms with Gasteiger partial charge >= 0.3 is 0 Å². The standard InChI is InChI=1S/C27H30N4O10S/c1-10-23(11(2)41-30-10)42(39,40)29-9-12-5-6-16(32)18-14(12)7-13-8-15-20(31(3)4)22(34)19(26(28)37)25(36)27(15,38)24(35)17(13)21(18)33/h5-6,13,15,20,29,32-33,36,38H,7-9H2,1-4H3,(H2,28,37). The van der Waals surface area contributed by atoms with Crippen molar-refractivity contribution in [2.75, 3.05) is 14.1 Å². The van der Waals surface area contributed by atoms with E-state index in [4.69, 9.17) is 10.3 Å². The Hall–Kier alpha value is -4.05. The number of ketones is 2. The highest BCUT2D eigenvalue weighted by Gasteiger charge is 2.64. The highest BCUT2D eigenvalue weighted by molar-refractivity contribution is 7.89. The molecule has 2 aromatic rings. The molecule has 7 N–H and O–H groups in total. The fourth-order valence-electron chi connectivity index (χ4n) is 6.58. The van der Waals surface area contributed by atoms with Crippen molar-refractivity contribution in [3.05, 3.63) is 57.2 Å². The fraction of sp³-hybridized carbons (Fsp3) is 0.407. The van der Waals surface area contributed by atoms with Gasteiger partial charge in [-0.3, -0.25) is 19.3 Å². The molecule has 0 radical (unpaired) electrons. The van der Waals surface area contributed by atoms with Crippen LogP contribution in [0.2, 0.25) is 0 Å². The van der Waals surface area contributed by atoms with E-state index >= 15 is 0 Å². The van der Waals surface area contributed by atoms with Crippen molar-refractivity contribution in [1.82, 2.24) is 14.8 Å². The Labute approximate surface area is 240 Å². The van der Waals surface area contributed by atoms with Crippen LogP contribution in [0.5, 0.6) is 5.75 Å². The van der Waals surface area contributed by atoms with Gasteiger partial charge in [0.05, 0.1) is 11.6 Å². The molecule has 4 unspecified atom stereocenters. The average Bonchev–Trinajstić information content (AvgIpc) is 3.23. The largest absolute Gasteiger partial charge is 0.508 e. The molecule has 1 aromatic carbocycles. The molecule has 5 rings (SSSR count). The summed E-state index contributed by atoms with van der Waals surface area (Å²) in [5.41, 5.74) is 2.15. The second kappa shape index (κ2) is 9.76. The average molecular weight is 603 g/mol. The Bertz CT molecular complexity index is 1720. The lowest BCUT2D eigenvalue weighted by atomic mass is 9.57. The zero-order valence-electron chi connectivity index (χ0n) is 23.1. The molecule has 0 saturated heterocycles. The van der Waals surface area contributed by atoms with Crippen LogP contribution in [-0.2, 0) is 37.4 Å². The third-order valence-corrected chi connectivity index (χ3v) is 10.0. The zero-order chi connectivity index (χ0) is 31.0. The number of phenols is 1. The van der Waals surface area contributed by atoms with Gasteiger partial charge in [-0.05, 0) is 63.9 Å². The minimum Gasteiger partial charge on any atom is -0.508 e. The number of benzene rings is 1. The Morgan fingerprint density at radius 1 is 1.21 bits per heavy atom. The summed E-state index contributed by atoms with van der Waals surface area (Å²) in [6.07, 6.45) is -0.0724. The van der Waals surface area contributed by atoms with Gasteiger partial charge in [-0.2, -0.15) is 0 Å². The number of Topliss-reactive ketones (excluding diaryl/α,β-unsaturated/α-hetero) is 2. The van der Waals surface area contributed by atoms with E-state index in [-0.39, 0.29) is 46.9 Å². The van der Waals surface area contributed by atoms with Crippen LogP contribution in [-0.4, -0.2) is 82.1 Å². The summed E-state index contributed by atoms with van der Waals surface area (Å²) in [6.45, 7) is 2.68. The van der Waals surface area contributed by atoms with Crippen molar-refractivity contribution in [3.63, 3.8) is 0 Å². The number of rotatable bonds is 6. The molecule has 3 aliphatic carbocycles. The molecule has 15 heteroatoms. The van der Waals surface area contributed by atoms with Crippen LogP contribution in [0.25, 0.3) is 5.76 Å².